The Balaban J connectivity index is 1.54. The standard InChI is InChI=1S/C17H23NO3/c1-10-3-2-6-17(21,8-10)9-18-15(19)13-11-4-5-12(7-11)14(13)16(18)20/h4-5,10-14,21H,2-3,6-9H2,1H3. The minimum absolute atomic E-state index is 0.0338. The van der Waals surface area contributed by atoms with E-state index in [4.69, 9.17) is 0 Å². The van der Waals surface area contributed by atoms with E-state index >= 15 is 0 Å². The number of rotatable bonds is 2. The maximum Gasteiger partial charge on any atom is 0.233 e. The molecule has 4 nitrogen and oxygen atoms in total. The van der Waals surface area contributed by atoms with E-state index in [-0.39, 0.29) is 42.0 Å². The summed E-state index contributed by atoms with van der Waals surface area (Å²) in [6.07, 6.45) is 8.69. The van der Waals surface area contributed by atoms with E-state index < -0.39 is 5.60 Å². The predicted molar refractivity (Wildman–Crippen MR) is 77.0 cm³/mol. The molecule has 0 spiro atoms. The Morgan fingerprint density at radius 2 is 1.86 bits per heavy atom. The summed E-state index contributed by atoms with van der Waals surface area (Å²) in [4.78, 5) is 26.7. The van der Waals surface area contributed by atoms with E-state index in [1.54, 1.807) is 0 Å². The van der Waals surface area contributed by atoms with E-state index in [0.29, 0.717) is 18.8 Å². The number of β-amino-alcohol motifs (C(OH)–C–C–N with tert-alkyl or cyclic N) is 1. The van der Waals surface area contributed by atoms with E-state index in [1.165, 1.54) is 4.90 Å². The normalized spacial score (nSPS) is 48.3. The van der Waals surface area contributed by atoms with E-state index in [0.717, 1.165) is 19.3 Å². The number of aliphatic hydroxyl groups is 1. The molecule has 4 aliphatic rings. The minimum atomic E-state index is -0.867. The molecular weight excluding hydrogens is 266 g/mol. The molecule has 1 saturated heterocycles. The first-order chi connectivity index (χ1) is 9.98. The number of amides is 2. The van der Waals surface area contributed by atoms with Gasteiger partial charge in [-0.05, 0) is 37.0 Å². The van der Waals surface area contributed by atoms with Crippen molar-refractivity contribution in [1.82, 2.24) is 4.90 Å². The lowest BCUT2D eigenvalue weighted by atomic mass is 9.78. The van der Waals surface area contributed by atoms with Crippen LogP contribution in [0.15, 0.2) is 12.2 Å². The second kappa shape index (κ2) is 4.42. The average molecular weight is 289 g/mol. The first-order valence-corrected chi connectivity index (χ1v) is 8.24. The van der Waals surface area contributed by atoms with Gasteiger partial charge in [0.2, 0.25) is 11.8 Å². The van der Waals surface area contributed by atoms with Crippen molar-refractivity contribution in [2.45, 2.75) is 44.6 Å². The Bertz CT molecular complexity index is 498. The van der Waals surface area contributed by atoms with Crippen molar-refractivity contribution in [2.24, 2.45) is 29.6 Å². The fourth-order valence-electron chi connectivity index (χ4n) is 5.19. The Labute approximate surface area is 125 Å². The molecule has 3 fully saturated rings. The van der Waals surface area contributed by atoms with Gasteiger partial charge in [0.25, 0.3) is 0 Å². The molecule has 3 aliphatic carbocycles. The molecular formula is C17H23NO3. The number of imide groups is 1. The molecule has 2 bridgehead atoms. The molecule has 0 aromatic rings. The van der Waals surface area contributed by atoms with Crippen LogP contribution in [-0.4, -0.2) is 34.0 Å². The molecule has 1 N–H and O–H groups in total. The molecule has 21 heavy (non-hydrogen) atoms. The van der Waals surface area contributed by atoms with Crippen LogP contribution in [0.2, 0.25) is 0 Å². The Morgan fingerprint density at radius 3 is 2.43 bits per heavy atom. The van der Waals surface area contributed by atoms with Crippen LogP contribution in [0.3, 0.4) is 0 Å². The number of nitrogens with zero attached hydrogens (tertiary/aromatic N) is 1. The third kappa shape index (κ3) is 1.91. The first-order valence-electron chi connectivity index (χ1n) is 8.24. The molecule has 4 rings (SSSR count). The first kappa shape index (κ1) is 13.5. The van der Waals surface area contributed by atoms with Crippen LogP contribution < -0.4 is 0 Å². The summed E-state index contributed by atoms with van der Waals surface area (Å²) in [5, 5.41) is 10.8. The Kier molecular flexibility index (Phi) is 2.84. The Morgan fingerprint density at radius 1 is 1.24 bits per heavy atom. The van der Waals surface area contributed by atoms with Gasteiger partial charge in [-0.1, -0.05) is 31.9 Å². The molecule has 0 aromatic carbocycles. The highest BCUT2D eigenvalue weighted by Crippen LogP contribution is 2.52. The zero-order valence-electron chi connectivity index (χ0n) is 12.5. The molecule has 2 saturated carbocycles. The molecule has 114 valence electrons. The predicted octanol–water partition coefficient (Wildman–Crippen LogP) is 1.73. The summed E-state index contributed by atoms with van der Waals surface area (Å²) in [7, 11) is 0. The lowest BCUT2D eigenvalue weighted by Crippen LogP contribution is -2.48. The van der Waals surface area contributed by atoms with E-state index in [9.17, 15) is 14.7 Å². The molecule has 6 unspecified atom stereocenters. The number of fused-ring (bicyclic) bond motifs is 5. The van der Waals surface area contributed by atoms with Gasteiger partial charge < -0.3 is 5.11 Å². The zero-order chi connectivity index (χ0) is 14.8. The van der Waals surface area contributed by atoms with Crippen LogP contribution in [-0.2, 0) is 9.59 Å². The summed E-state index contributed by atoms with van der Waals surface area (Å²) in [5.74, 6) is 0.618. The van der Waals surface area contributed by atoms with Crippen LogP contribution in [0.5, 0.6) is 0 Å². The largest absolute Gasteiger partial charge is 0.388 e. The van der Waals surface area contributed by atoms with Crippen molar-refractivity contribution in [3.05, 3.63) is 12.2 Å². The number of carbonyl (C=O) groups excluding carboxylic acids is 2. The zero-order valence-corrected chi connectivity index (χ0v) is 12.5. The monoisotopic (exact) mass is 289 g/mol. The molecule has 0 radical (unpaired) electrons. The summed E-state index contributed by atoms with van der Waals surface area (Å²) < 4.78 is 0. The smallest absolute Gasteiger partial charge is 0.233 e. The number of likely N-dealkylation sites (tertiary alicyclic amines) is 1. The van der Waals surface area contributed by atoms with Crippen LogP contribution in [0.25, 0.3) is 0 Å². The molecule has 0 aromatic heterocycles. The molecule has 4 heteroatoms. The highest BCUT2D eigenvalue weighted by atomic mass is 16.3. The van der Waals surface area contributed by atoms with Crippen LogP contribution >= 0.6 is 0 Å². The van der Waals surface area contributed by atoms with Gasteiger partial charge in [-0.2, -0.15) is 0 Å². The van der Waals surface area contributed by atoms with Gasteiger partial charge in [-0.15, -0.1) is 0 Å². The fourth-order valence-corrected chi connectivity index (χ4v) is 5.19. The lowest BCUT2D eigenvalue weighted by Gasteiger charge is -2.38. The van der Waals surface area contributed by atoms with Gasteiger partial charge in [0.15, 0.2) is 0 Å². The number of carbonyl (C=O) groups is 2. The maximum atomic E-state index is 12.6. The quantitative estimate of drug-likeness (QED) is 0.622. The number of hydrogen-bond donors (Lipinski definition) is 1. The van der Waals surface area contributed by atoms with Gasteiger partial charge in [0, 0.05) is 0 Å². The summed E-state index contributed by atoms with van der Waals surface area (Å²) in [6.45, 7) is 2.35. The number of allylic oxidation sites excluding steroid dienone is 2. The summed E-state index contributed by atoms with van der Waals surface area (Å²) >= 11 is 0. The second-order valence-electron chi connectivity index (χ2n) is 7.69. The second-order valence-corrected chi connectivity index (χ2v) is 7.69. The van der Waals surface area contributed by atoms with Crippen LogP contribution in [0, 0.1) is 29.6 Å². The molecule has 2 amide bonds. The topological polar surface area (TPSA) is 57.6 Å². The third-order valence-electron chi connectivity index (χ3n) is 6.08. The van der Waals surface area contributed by atoms with Crippen molar-refractivity contribution in [3.8, 4) is 0 Å². The summed E-state index contributed by atoms with van der Waals surface area (Å²) in [5.41, 5.74) is -0.867. The molecule has 1 heterocycles. The Hall–Kier alpha value is -1.16. The van der Waals surface area contributed by atoms with Crippen LogP contribution in [0.4, 0.5) is 0 Å². The van der Waals surface area contributed by atoms with E-state index in [1.807, 2.05) is 0 Å². The highest BCUT2D eigenvalue weighted by molar-refractivity contribution is 6.06. The average Bonchev–Trinajstić information content (AvgIpc) is 3.08. The van der Waals surface area contributed by atoms with Crippen molar-refractivity contribution in [1.29, 1.82) is 0 Å². The van der Waals surface area contributed by atoms with Crippen LogP contribution in [0.1, 0.15) is 39.0 Å². The number of hydrogen-bond acceptors (Lipinski definition) is 3. The van der Waals surface area contributed by atoms with Gasteiger partial charge in [0.1, 0.15) is 0 Å². The summed E-state index contributed by atoms with van der Waals surface area (Å²) in [6, 6.07) is 0. The van der Waals surface area contributed by atoms with Crippen molar-refractivity contribution in [3.63, 3.8) is 0 Å². The fraction of sp³-hybridized carbons (Fsp3) is 0.765. The van der Waals surface area contributed by atoms with Gasteiger partial charge >= 0.3 is 0 Å². The molecule has 6 atom stereocenters. The van der Waals surface area contributed by atoms with Gasteiger partial charge in [-0.25, -0.2) is 0 Å². The third-order valence-corrected chi connectivity index (χ3v) is 6.08. The van der Waals surface area contributed by atoms with Crippen molar-refractivity contribution < 1.29 is 14.7 Å². The highest BCUT2D eigenvalue weighted by Gasteiger charge is 2.60. The molecule has 1 aliphatic heterocycles. The van der Waals surface area contributed by atoms with Gasteiger partial charge in [-0.3, -0.25) is 14.5 Å². The maximum absolute atomic E-state index is 12.6. The lowest BCUT2D eigenvalue weighted by molar-refractivity contribution is -0.146. The van der Waals surface area contributed by atoms with E-state index in [2.05, 4.69) is 19.1 Å². The van der Waals surface area contributed by atoms with Gasteiger partial charge in [0.05, 0.1) is 24.0 Å². The SMILES string of the molecule is CC1CCCC(O)(CN2C(=O)C3C4C=CC(C4)C3C2=O)C1. The minimum Gasteiger partial charge on any atom is -0.388 e. The van der Waals surface area contributed by atoms with Crippen molar-refractivity contribution in [2.75, 3.05) is 6.54 Å². The van der Waals surface area contributed by atoms with Crippen molar-refractivity contribution >= 4 is 11.8 Å².